The number of halogens is 1. The van der Waals surface area contributed by atoms with Crippen molar-refractivity contribution in [1.82, 2.24) is 0 Å². The van der Waals surface area contributed by atoms with Crippen LogP contribution in [0.2, 0.25) is 0 Å². The second kappa shape index (κ2) is 8.78. The summed E-state index contributed by atoms with van der Waals surface area (Å²) in [6, 6.07) is 17.4. The number of esters is 1. The molecular weight excluding hydrogens is 458 g/mol. The molecule has 1 aliphatic rings. The molecule has 3 aromatic rings. The van der Waals surface area contributed by atoms with E-state index in [1.165, 1.54) is 0 Å². The van der Waals surface area contributed by atoms with Crippen LogP contribution in [0, 0.1) is 0 Å². The Labute approximate surface area is 188 Å². The number of hydrogen-bond acceptors (Lipinski definition) is 5. The minimum Gasteiger partial charge on any atom is -0.493 e. The zero-order valence-corrected chi connectivity index (χ0v) is 18.7. The first-order valence-electron chi connectivity index (χ1n) is 9.61. The molecule has 0 aliphatic carbocycles. The highest BCUT2D eigenvalue weighted by atomic mass is 79.9. The van der Waals surface area contributed by atoms with E-state index in [-0.39, 0.29) is 11.6 Å². The van der Waals surface area contributed by atoms with E-state index >= 15 is 0 Å². The molecule has 0 amide bonds. The first kappa shape index (κ1) is 20.9. The minimum atomic E-state index is -0.499. The second-order valence-corrected chi connectivity index (χ2v) is 8.03. The zero-order valence-electron chi connectivity index (χ0n) is 17.1. The van der Waals surface area contributed by atoms with Crippen LogP contribution in [0.3, 0.4) is 0 Å². The molecule has 4 rings (SSSR count). The Morgan fingerprint density at radius 1 is 1.16 bits per heavy atom. The van der Waals surface area contributed by atoms with E-state index in [4.69, 9.17) is 14.2 Å². The Balaban J connectivity index is 1.66. The van der Waals surface area contributed by atoms with E-state index in [1.807, 2.05) is 55.5 Å². The summed E-state index contributed by atoms with van der Waals surface area (Å²) in [6.45, 7) is 6.10. The average molecular weight is 478 g/mol. The Bertz CT molecular complexity index is 1260. The molecule has 0 saturated carbocycles. The van der Waals surface area contributed by atoms with Crippen LogP contribution in [0.1, 0.15) is 18.1 Å². The topological polar surface area (TPSA) is 57.1 Å². The van der Waals surface area contributed by atoms with Crippen molar-refractivity contribution in [3.63, 3.8) is 0 Å². The van der Waals surface area contributed by atoms with E-state index < -0.39 is 5.97 Å². The molecule has 0 bridgehead atoms. The van der Waals surface area contributed by atoms with E-state index in [0.29, 0.717) is 22.6 Å². The monoisotopic (exact) mass is 477 g/mol. The van der Waals surface area contributed by atoms with Gasteiger partial charge >= 0.3 is 5.97 Å². The predicted octanol–water partition coefficient (Wildman–Crippen LogP) is 5.91. The number of ether oxygens (including phenoxy) is 3. The van der Waals surface area contributed by atoms with Gasteiger partial charge in [0.1, 0.15) is 6.61 Å². The quantitative estimate of drug-likeness (QED) is 0.251. The molecule has 0 fully saturated rings. The number of cyclic esters (lactones) is 1. The summed E-state index contributed by atoms with van der Waals surface area (Å²) in [5.41, 5.74) is 2.58. The summed E-state index contributed by atoms with van der Waals surface area (Å²) in [7, 11) is 1.56. The first-order chi connectivity index (χ1) is 14.9. The number of aliphatic imine (C=N–C) groups is 1. The number of rotatable bonds is 6. The van der Waals surface area contributed by atoms with Crippen molar-refractivity contribution in [3.05, 3.63) is 88.0 Å². The van der Waals surface area contributed by atoms with Crippen LogP contribution in [0.25, 0.3) is 16.8 Å². The number of nitrogens with zero attached hydrogens (tertiary/aromatic N) is 1. The summed E-state index contributed by atoms with van der Waals surface area (Å²) in [5, 5.41) is 2.16. The SMILES string of the molecule is C=C(C)COc1c(Br)cc(C=C2N=C(c3ccc4ccccc4c3)OC2=O)cc1OC. The second-order valence-electron chi connectivity index (χ2n) is 7.18. The standard InChI is InChI=1S/C25H20BrNO4/c1-15(2)14-30-23-20(26)10-16(12-22(23)29-3)11-21-25(28)31-24(27-21)19-9-8-17-6-4-5-7-18(17)13-19/h4-13H,1,14H2,2-3H3. The molecule has 0 aromatic heterocycles. The Morgan fingerprint density at radius 2 is 1.94 bits per heavy atom. The van der Waals surface area contributed by atoms with Gasteiger partial charge in [0, 0.05) is 5.56 Å². The number of benzene rings is 3. The lowest BCUT2D eigenvalue weighted by Gasteiger charge is -2.13. The molecule has 0 unspecified atom stereocenters. The normalized spacial score (nSPS) is 14.5. The molecular formula is C25H20BrNO4. The molecule has 156 valence electrons. The van der Waals surface area contributed by atoms with E-state index in [0.717, 1.165) is 27.5 Å². The molecule has 1 aliphatic heterocycles. The fourth-order valence-electron chi connectivity index (χ4n) is 3.17. The van der Waals surface area contributed by atoms with Gasteiger partial charge in [-0.2, -0.15) is 0 Å². The van der Waals surface area contributed by atoms with Crippen LogP contribution in [0.5, 0.6) is 11.5 Å². The summed E-state index contributed by atoms with van der Waals surface area (Å²) in [6.07, 6.45) is 1.66. The largest absolute Gasteiger partial charge is 0.493 e. The molecule has 1 heterocycles. The predicted molar refractivity (Wildman–Crippen MR) is 126 cm³/mol. The van der Waals surface area contributed by atoms with Crippen molar-refractivity contribution in [2.24, 2.45) is 4.99 Å². The van der Waals surface area contributed by atoms with Crippen LogP contribution in [-0.2, 0) is 9.53 Å². The molecule has 0 saturated heterocycles. The summed E-state index contributed by atoms with van der Waals surface area (Å²) < 4.78 is 17.3. The minimum absolute atomic E-state index is 0.215. The van der Waals surface area contributed by atoms with E-state index in [9.17, 15) is 4.79 Å². The molecule has 0 radical (unpaired) electrons. The van der Waals surface area contributed by atoms with Crippen molar-refractivity contribution in [2.45, 2.75) is 6.92 Å². The smallest absolute Gasteiger partial charge is 0.363 e. The van der Waals surface area contributed by atoms with E-state index in [2.05, 4.69) is 27.5 Å². The van der Waals surface area contributed by atoms with Gasteiger partial charge in [-0.25, -0.2) is 9.79 Å². The van der Waals surface area contributed by atoms with Crippen LogP contribution >= 0.6 is 15.9 Å². The third-order valence-electron chi connectivity index (χ3n) is 4.63. The summed E-state index contributed by atoms with van der Waals surface area (Å²) in [5.74, 6) is 0.893. The lowest BCUT2D eigenvalue weighted by Crippen LogP contribution is -2.05. The number of methoxy groups -OCH3 is 1. The molecule has 0 N–H and O–H groups in total. The fourth-order valence-corrected chi connectivity index (χ4v) is 3.75. The van der Waals surface area contributed by atoms with Crippen LogP contribution in [0.4, 0.5) is 0 Å². The van der Waals surface area contributed by atoms with Crippen molar-refractivity contribution < 1.29 is 19.0 Å². The highest BCUT2D eigenvalue weighted by Crippen LogP contribution is 2.37. The zero-order chi connectivity index (χ0) is 22.0. The maximum Gasteiger partial charge on any atom is 0.363 e. The Morgan fingerprint density at radius 3 is 2.68 bits per heavy atom. The fraction of sp³-hybridized carbons (Fsp3) is 0.120. The number of hydrogen-bond donors (Lipinski definition) is 0. The molecule has 6 heteroatoms. The number of carbonyl (C=O) groups excluding carboxylic acids is 1. The van der Waals surface area contributed by atoms with Crippen LogP contribution in [-0.4, -0.2) is 25.6 Å². The molecule has 3 aromatic carbocycles. The third kappa shape index (κ3) is 4.54. The van der Waals surface area contributed by atoms with Crippen molar-refractivity contribution in [3.8, 4) is 11.5 Å². The lowest BCUT2D eigenvalue weighted by atomic mass is 10.1. The maximum atomic E-state index is 12.4. The van der Waals surface area contributed by atoms with Gasteiger partial charge in [0.2, 0.25) is 5.90 Å². The van der Waals surface area contributed by atoms with Gasteiger partial charge in [0.15, 0.2) is 17.2 Å². The Kier molecular flexibility index (Phi) is 5.91. The van der Waals surface area contributed by atoms with Gasteiger partial charge in [-0.15, -0.1) is 0 Å². The maximum absolute atomic E-state index is 12.4. The number of fused-ring (bicyclic) bond motifs is 1. The number of carbonyl (C=O) groups is 1. The van der Waals surface area contributed by atoms with Gasteiger partial charge in [-0.3, -0.25) is 0 Å². The highest BCUT2D eigenvalue weighted by molar-refractivity contribution is 9.10. The van der Waals surface area contributed by atoms with Crippen LogP contribution < -0.4 is 9.47 Å². The van der Waals surface area contributed by atoms with E-state index in [1.54, 1.807) is 19.3 Å². The van der Waals surface area contributed by atoms with Gasteiger partial charge < -0.3 is 14.2 Å². The van der Waals surface area contributed by atoms with Gasteiger partial charge in [0.25, 0.3) is 0 Å². The van der Waals surface area contributed by atoms with Gasteiger partial charge in [-0.05, 0) is 75.1 Å². The van der Waals surface area contributed by atoms with Crippen molar-refractivity contribution in [1.29, 1.82) is 0 Å². The molecule has 0 spiro atoms. The van der Waals surface area contributed by atoms with Crippen molar-refractivity contribution in [2.75, 3.05) is 13.7 Å². The first-order valence-corrected chi connectivity index (χ1v) is 10.4. The molecule has 0 atom stereocenters. The Hall–Kier alpha value is -3.38. The lowest BCUT2D eigenvalue weighted by molar-refractivity contribution is -0.129. The van der Waals surface area contributed by atoms with Crippen molar-refractivity contribution >= 4 is 44.6 Å². The highest BCUT2D eigenvalue weighted by Gasteiger charge is 2.24. The third-order valence-corrected chi connectivity index (χ3v) is 5.22. The molecule has 31 heavy (non-hydrogen) atoms. The van der Waals surface area contributed by atoms with Gasteiger partial charge in [0.05, 0.1) is 11.6 Å². The summed E-state index contributed by atoms with van der Waals surface area (Å²) in [4.78, 5) is 16.8. The van der Waals surface area contributed by atoms with Gasteiger partial charge in [-0.1, -0.05) is 36.9 Å². The molecule has 5 nitrogen and oxygen atoms in total. The average Bonchev–Trinajstić information content (AvgIpc) is 3.12. The van der Waals surface area contributed by atoms with Crippen LogP contribution in [0.15, 0.2) is 81.9 Å². The summed E-state index contributed by atoms with van der Waals surface area (Å²) >= 11 is 3.51.